The van der Waals surface area contributed by atoms with E-state index in [0.717, 1.165) is 3.57 Å². The number of nitriles is 1. The molecule has 0 aliphatic rings. The van der Waals surface area contributed by atoms with Gasteiger partial charge in [-0.05, 0) is 84.5 Å². The van der Waals surface area contributed by atoms with Crippen LogP contribution in [-0.4, -0.2) is 32.2 Å². The summed E-state index contributed by atoms with van der Waals surface area (Å²) in [5.41, 5.74) is 1.35. The molecule has 1 amide bonds. The molecule has 0 saturated heterocycles. The molecule has 1 N–H and O–H groups in total. The van der Waals surface area contributed by atoms with Crippen molar-refractivity contribution in [3.8, 4) is 17.6 Å². The number of amides is 1. The molecular weight excluding hydrogens is 499 g/mol. The number of hydrogen-bond donors (Lipinski definition) is 1. The molecule has 0 radical (unpaired) electrons. The number of carbonyl (C=O) groups excluding carboxylic acids is 2. The molecule has 0 atom stereocenters. The molecule has 2 aromatic rings. The normalized spacial score (nSPS) is 10.9. The van der Waals surface area contributed by atoms with Crippen LogP contribution in [0.5, 0.6) is 11.5 Å². The zero-order valence-corrected chi connectivity index (χ0v) is 19.1. The molecule has 30 heavy (non-hydrogen) atoms. The maximum atomic E-state index is 12.5. The molecule has 0 saturated carbocycles. The van der Waals surface area contributed by atoms with Crippen molar-refractivity contribution in [1.29, 1.82) is 5.26 Å². The first-order valence-electron chi connectivity index (χ1n) is 8.94. The standard InChI is InChI=1S/C22H21IN2O5/c1-13(2)30-20-18(23)10-14(11-19(20)28-3)9-16(12-24)21(26)25-17-7-5-15(6-8-17)22(27)29-4/h5-11,13H,1-4H3,(H,25,26)/b16-9+. The van der Waals surface area contributed by atoms with E-state index in [-0.39, 0.29) is 11.7 Å². The number of benzene rings is 2. The molecule has 0 fully saturated rings. The number of esters is 1. The lowest BCUT2D eigenvalue weighted by Gasteiger charge is -2.16. The van der Waals surface area contributed by atoms with E-state index in [0.29, 0.717) is 28.3 Å². The van der Waals surface area contributed by atoms with Crippen molar-refractivity contribution in [2.24, 2.45) is 0 Å². The minimum atomic E-state index is -0.570. The Kier molecular flexibility index (Phi) is 8.24. The van der Waals surface area contributed by atoms with Gasteiger partial charge in [0.25, 0.3) is 5.91 Å². The summed E-state index contributed by atoms with van der Waals surface area (Å²) in [6, 6.07) is 11.6. The second kappa shape index (κ2) is 10.6. The summed E-state index contributed by atoms with van der Waals surface area (Å²) in [6.45, 7) is 3.83. The van der Waals surface area contributed by atoms with E-state index >= 15 is 0 Å². The predicted octanol–water partition coefficient (Wildman–Crippen LogP) is 4.42. The summed E-state index contributed by atoms with van der Waals surface area (Å²) in [7, 11) is 2.82. The number of rotatable bonds is 7. The SMILES string of the molecule is COC(=O)c1ccc(NC(=O)/C(C#N)=C/c2cc(I)c(OC(C)C)c(OC)c2)cc1. The zero-order valence-electron chi connectivity index (χ0n) is 17.0. The fourth-order valence-electron chi connectivity index (χ4n) is 2.49. The fraction of sp³-hybridized carbons (Fsp3) is 0.227. The van der Waals surface area contributed by atoms with Crippen molar-refractivity contribution in [3.05, 3.63) is 56.7 Å². The first-order chi connectivity index (χ1) is 14.3. The highest BCUT2D eigenvalue weighted by Gasteiger charge is 2.15. The van der Waals surface area contributed by atoms with Gasteiger partial charge < -0.3 is 19.5 Å². The number of halogens is 1. The van der Waals surface area contributed by atoms with Crippen LogP contribution in [-0.2, 0) is 9.53 Å². The van der Waals surface area contributed by atoms with Crippen LogP contribution in [0.4, 0.5) is 5.69 Å². The molecule has 0 bridgehead atoms. The Hall–Kier alpha value is -3.06. The van der Waals surface area contributed by atoms with Crippen molar-refractivity contribution in [2.75, 3.05) is 19.5 Å². The minimum absolute atomic E-state index is 0.0279. The lowest BCUT2D eigenvalue weighted by atomic mass is 10.1. The zero-order chi connectivity index (χ0) is 22.3. The molecule has 0 aliphatic carbocycles. The Morgan fingerprint density at radius 3 is 2.37 bits per heavy atom. The summed E-state index contributed by atoms with van der Waals surface area (Å²) in [6.07, 6.45) is 1.45. The molecule has 2 aromatic carbocycles. The molecule has 0 aromatic heterocycles. The van der Waals surface area contributed by atoms with Gasteiger partial charge in [0.2, 0.25) is 0 Å². The Bertz CT molecular complexity index is 1010. The average Bonchev–Trinajstić information content (AvgIpc) is 2.73. The average molecular weight is 520 g/mol. The van der Waals surface area contributed by atoms with Crippen LogP contribution in [0.3, 0.4) is 0 Å². The second-order valence-corrected chi connectivity index (χ2v) is 7.56. The number of nitrogens with one attached hydrogen (secondary N) is 1. The van der Waals surface area contributed by atoms with Crippen LogP contribution >= 0.6 is 22.6 Å². The molecule has 8 heteroatoms. The van der Waals surface area contributed by atoms with Gasteiger partial charge in [-0.25, -0.2) is 4.79 Å². The van der Waals surface area contributed by atoms with Gasteiger partial charge in [0.1, 0.15) is 11.6 Å². The highest BCUT2D eigenvalue weighted by atomic mass is 127. The Morgan fingerprint density at radius 1 is 1.17 bits per heavy atom. The van der Waals surface area contributed by atoms with Gasteiger partial charge >= 0.3 is 5.97 Å². The topological polar surface area (TPSA) is 97.7 Å². The summed E-state index contributed by atoms with van der Waals surface area (Å²) in [5.74, 6) is 0.0792. The van der Waals surface area contributed by atoms with Crippen molar-refractivity contribution in [3.63, 3.8) is 0 Å². The first kappa shape index (κ1) is 23.2. The second-order valence-electron chi connectivity index (χ2n) is 6.39. The van der Waals surface area contributed by atoms with Gasteiger partial charge in [-0.15, -0.1) is 0 Å². The van der Waals surface area contributed by atoms with Crippen molar-refractivity contribution in [2.45, 2.75) is 20.0 Å². The van der Waals surface area contributed by atoms with Crippen LogP contribution in [0.1, 0.15) is 29.8 Å². The lowest BCUT2D eigenvalue weighted by molar-refractivity contribution is -0.112. The van der Waals surface area contributed by atoms with Crippen molar-refractivity contribution in [1.82, 2.24) is 0 Å². The van der Waals surface area contributed by atoms with Gasteiger partial charge in [-0.2, -0.15) is 5.26 Å². The quantitative estimate of drug-likeness (QED) is 0.251. The molecule has 2 rings (SSSR count). The smallest absolute Gasteiger partial charge is 0.337 e. The van der Waals surface area contributed by atoms with Gasteiger partial charge in [-0.1, -0.05) is 0 Å². The molecule has 0 heterocycles. The van der Waals surface area contributed by atoms with Crippen LogP contribution in [0, 0.1) is 14.9 Å². The van der Waals surface area contributed by atoms with Crippen LogP contribution in [0.15, 0.2) is 42.0 Å². The van der Waals surface area contributed by atoms with Crippen molar-refractivity contribution >= 4 is 46.2 Å². The fourth-order valence-corrected chi connectivity index (χ4v) is 3.25. The Balaban J connectivity index is 2.26. The van der Waals surface area contributed by atoms with E-state index in [2.05, 4.69) is 32.6 Å². The highest BCUT2D eigenvalue weighted by Crippen LogP contribution is 2.35. The first-order valence-corrected chi connectivity index (χ1v) is 10.0. The molecule has 0 spiro atoms. The number of ether oxygens (including phenoxy) is 3. The van der Waals surface area contributed by atoms with E-state index < -0.39 is 11.9 Å². The maximum absolute atomic E-state index is 12.5. The molecule has 7 nitrogen and oxygen atoms in total. The third-order valence-corrected chi connectivity index (χ3v) is 4.65. The molecular formula is C22H21IN2O5. The number of methoxy groups -OCH3 is 2. The maximum Gasteiger partial charge on any atom is 0.337 e. The van der Waals surface area contributed by atoms with Crippen LogP contribution in [0.25, 0.3) is 6.08 Å². The largest absolute Gasteiger partial charge is 0.493 e. The number of nitrogens with zero attached hydrogens (tertiary/aromatic N) is 1. The van der Waals surface area contributed by atoms with Gasteiger partial charge in [-0.3, -0.25) is 4.79 Å². The summed E-state index contributed by atoms with van der Waals surface area (Å²) in [5, 5.41) is 12.1. The van der Waals surface area contributed by atoms with E-state index in [1.807, 2.05) is 19.9 Å². The Morgan fingerprint density at radius 2 is 1.83 bits per heavy atom. The molecule has 156 valence electrons. The monoisotopic (exact) mass is 520 g/mol. The van der Waals surface area contributed by atoms with E-state index in [4.69, 9.17) is 9.47 Å². The number of carbonyl (C=O) groups is 2. The summed E-state index contributed by atoms with van der Waals surface area (Å²) < 4.78 is 16.6. The number of anilines is 1. The minimum Gasteiger partial charge on any atom is -0.493 e. The molecule has 0 unspecified atom stereocenters. The van der Waals surface area contributed by atoms with E-state index in [1.54, 1.807) is 24.3 Å². The third kappa shape index (κ3) is 5.97. The van der Waals surface area contributed by atoms with E-state index in [9.17, 15) is 14.9 Å². The van der Waals surface area contributed by atoms with E-state index in [1.165, 1.54) is 32.4 Å². The van der Waals surface area contributed by atoms with Gasteiger partial charge in [0.05, 0.1) is 29.5 Å². The van der Waals surface area contributed by atoms with Gasteiger partial charge in [0, 0.05) is 5.69 Å². The number of hydrogen-bond acceptors (Lipinski definition) is 6. The van der Waals surface area contributed by atoms with Crippen molar-refractivity contribution < 1.29 is 23.8 Å². The lowest BCUT2D eigenvalue weighted by Crippen LogP contribution is -2.13. The highest BCUT2D eigenvalue weighted by molar-refractivity contribution is 14.1. The van der Waals surface area contributed by atoms with Crippen LogP contribution in [0.2, 0.25) is 0 Å². The van der Waals surface area contributed by atoms with Crippen LogP contribution < -0.4 is 14.8 Å². The third-order valence-electron chi connectivity index (χ3n) is 3.85. The van der Waals surface area contributed by atoms with Gasteiger partial charge in [0.15, 0.2) is 11.5 Å². The summed E-state index contributed by atoms with van der Waals surface area (Å²) in [4.78, 5) is 24.0. The summed E-state index contributed by atoms with van der Waals surface area (Å²) >= 11 is 2.12. The Labute approximate surface area is 188 Å². The predicted molar refractivity (Wildman–Crippen MR) is 121 cm³/mol. The molecule has 0 aliphatic heterocycles.